The number of hydrogen-bond acceptors (Lipinski definition) is 4. The molecule has 8 heteroatoms. The Balaban J connectivity index is 2.72. The third-order valence-electron chi connectivity index (χ3n) is 2.58. The summed E-state index contributed by atoms with van der Waals surface area (Å²) in [6, 6.07) is -0.759. The molecule has 0 aliphatic carbocycles. The van der Waals surface area contributed by atoms with Crippen LogP contribution in [0.4, 0.5) is 19.0 Å². The number of Topliss-reactive ketones (excluding diaryl/α,β-unsaturated/α-hetero) is 1. The second-order valence-electron chi connectivity index (χ2n) is 4.67. The number of nitrogens with one attached hydrogen (secondary N) is 1. The molecule has 4 nitrogen and oxygen atoms in total. The molecular weight excluding hydrogens is 295 g/mol. The summed E-state index contributed by atoms with van der Waals surface area (Å²) in [6.07, 6.45) is -3.35. The molecule has 0 aromatic carbocycles. The second kappa shape index (κ2) is 6.88. The maximum Gasteiger partial charge on any atom is 0.389 e. The van der Waals surface area contributed by atoms with E-state index in [2.05, 4.69) is 15.3 Å². The van der Waals surface area contributed by atoms with Gasteiger partial charge < -0.3 is 5.32 Å². The number of aromatic nitrogens is 2. The van der Waals surface area contributed by atoms with Crippen molar-refractivity contribution in [2.45, 2.75) is 38.9 Å². The van der Waals surface area contributed by atoms with Gasteiger partial charge in [-0.2, -0.15) is 13.2 Å². The van der Waals surface area contributed by atoms with Crippen LogP contribution >= 0.6 is 11.6 Å². The van der Waals surface area contributed by atoms with E-state index in [-0.39, 0.29) is 16.9 Å². The van der Waals surface area contributed by atoms with Gasteiger partial charge in [0, 0.05) is 6.42 Å². The summed E-state index contributed by atoms with van der Waals surface area (Å²) in [4.78, 5) is 19.6. The van der Waals surface area contributed by atoms with Gasteiger partial charge in [0.15, 0.2) is 5.78 Å². The van der Waals surface area contributed by atoms with E-state index in [4.69, 9.17) is 11.6 Å². The summed E-state index contributed by atoms with van der Waals surface area (Å²) in [5.74, 6) is -0.438. The van der Waals surface area contributed by atoms with Gasteiger partial charge in [0.25, 0.3) is 0 Å². The number of hydrogen-bond donors (Lipinski definition) is 1. The molecule has 1 rings (SSSR count). The third kappa shape index (κ3) is 5.73. The Kier molecular flexibility index (Phi) is 5.74. The first-order chi connectivity index (χ1) is 9.19. The Bertz CT molecular complexity index is 466. The second-order valence-corrected chi connectivity index (χ2v) is 5.06. The van der Waals surface area contributed by atoms with Crippen molar-refractivity contribution in [3.63, 3.8) is 0 Å². The van der Waals surface area contributed by atoms with Gasteiger partial charge in [-0.25, -0.2) is 4.98 Å². The molecule has 0 bridgehead atoms. The summed E-state index contributed by atoms with van der Waals surface area (Å²) in [6.45, 7) is 3.47. The zero-order chi connectivity index (χ0) is 15.3. The van der Waals surface area contributed by atoms with Crippen molar-refractivity contribution < 1.29 is 18.0 Å². The van der Waals surface area contributed by atoms with Crippen molar-refractivity contribution in [3.8, 4) is 0 Å². The predicted molar refractivity (Wildman–Crippen MR) is 69.6 cm³/mol. The van der Waals surface area contributed by atoms with Crippen LogP contribution in [0.5, 0.6) is 0 Å². The summed E-state index contributed by atoms with van der Waals surface area (Å²) < 4.78 is 36.4. The lowest BCUT2D eigenvalue weighted by Gasteiger charge is -2.21. The zero-order valence-electron chi connectivity index (χ0n) is 11.0. The van der Waals surface area contributed by atoms with E-state index in [9.17, 15) is 18.0 Å². The molecule has 0 fully saturated rings. The summed E-state index contributed by atoms with van der Waals surface area (Å²) in [5.41, 5.74) is 0. The Hall–Kier alpha value is -1.37. The number of carbonyl (C=O) groups is 1. The minimum Gasteiger partial charge on any atom is -0.359 e. The molecule has 112 valence electrons. The maximum absolute atomic E-state index is 12.1. The quantitative estimate of drug-likeness (QED) is 0.874. The van der Waals surface area contributed by atoms with Crippen LogP contribution < -0.4 is 5.32 Å². The van der Waals surface area contributed by atoms with Crippen molar-refractivity contribution in [1.29, 1.82) is 0 Å². The van der Waals surface area contributed by atoms with Crippen LogP contribution in [-0.2, 0) is 4.79 Å². The maximum atomic E-state index is 12.1. The molecule has 0 spiro atoms. The molecule has 0 aliphatic rings. The van der Waals surface area contributed by atoms with Crippen molar-refractivity contribution in [3.05, 3.63) is 17.5 Å². The Morgan fingerprint density at radius 2 is 2.05 bits per heavy atom. The number of halogens is 4. The van der Waals surface area contributed by atoms with Crippen molar-refractivity contribution >= 4 is 23.2 Å². The molecule has 0 saturated heterocycles. The minimum absolute atomic E-state index is 0.139. The number of anilines is 1. The van der Waals surface area contributed by atoms with E-state index in [1.807, 2.05) is 0 Å². The van der Waals surface area contributed by atoms with Crippen LogP contribution in [-0.4, -0.2) is 28.0 Å². The highest BCUT2D eigenvalue weighted by Gasteiger charge is 2.31. The minimum atomic E-state index is -4.34. The van der Waals surface area contributed by atoms with Gasteiger partial charge >= 0.3 is 6.18 Å². The third-order valence-corrected chi connectivity index (χ3v) is 2.76. The smallest absolute Gasteiger partial charge is 0.359 e. The summed E-state index contributed by atoms with van der Waals surface area (Å²) >= 11 is 5.66. The highest BCUT2D eigenvalue weighted by molar-refractivity contribution is 6.29. The fourth-order valence-electron chi connectivity index (χ4n) is 1.61. The van der Waals surface area contributed by atoms with Gasteiger partial charge in [0.1, 0.15) is 11.0 Å². The fourth-order valence-corrected chi connectivity index (χ4v) is 1.76. The first-order valence-electron chi connectivity index (χ1n) is 6.02. The topological polar surface area (TPSA) is 54.9 Å². The van der Waals surface area contributed by atoms with Crippen LogP contribution in [0.15, 0.2) is 12.4 Å². The lowest BCUT2D eigenvalue weighted by molar-refractivity contribution is -0.143. The molecule has 1 atom stereocenters. The lowest BCUT2D eigenvalue weighted by Crippen LogP contribution is -2.35. The van der Waals surface area contributed by atoms with Gasteiger partial charge in [-0.3, -0.25) is 9.78 Å². The Morgan fingerprint density at radius 3 is 2.55 bits per heavy atom. The molecular formula is C12H15ClF3N3O. The molecule has 1 heterocycles. The van der Waals surface area contributed by atoms with Gasteiger partial charge in [-0.05, 0) is 5.92 Å². The average Bonchev–Trinajstić information content (AvgIpc) is 2.32. The van der Waals surface area contributed by atoms with Crippen LogP contribution in [0.3, 0.4) is 0 Å². The van der Waals surface area contributed by atoms with Crippen molar-refractivity contribution in [2.75, 3.05) is 5.32 Å². The van der Waals surface area contributed by atoms with Crippen molar-refractivity contribution in [2.24, 2.45) is 5.92 Å². The lowest BCUT2D eigenvalue weighted by atomic mass is 9.97. The van der Waals surface area contributed by atoms with E-state index in [0.717, 1.165) is 0 Å². The van der Waals surface area contributed by atoms with Gasteiger partial charge in [0.2, 0.25) is 0 Å². The first-order valence-corrected chi connectivity index (χ1v) is 6.40. The van der Waals surface area contributed by atoms with E-state index in [1.165, 1.54) is 12.4 Å². The normalized spacial score (nSPS) is 13.3. The van der Waals surface area contributed by atoms with E-state index in [0.29, 0.717) is 0 Å². The largest absolute Gasteiger partial charge is 0.389 e. The molecule has 1 N–H and O–H groups in total. The van der Waals surface area contributed by atoms with E-state index < -0.39 is 30.8 Å². The zero-order valence-corrected chi connectivity index (χ0v) is 11.8. The van der Waals surface area contributed by atoms with Crippen LogP contribution in [0, 0.1) is 5.92 Å². The first kappa shape index (κ1) is 16.7. The molecule has 0 radical (unpaired) electrons. The molecule has 0 amide bonds. The van der Waals surface area contributed by atoms with Crippen LogP contribution in [0.1, 0.15) is 26.7 Å². The molecule has 1 aromatic heterocycles. The Labute approximate surface area is 119 Å². The standard InChI is InChI=1S/C12H15ClF3N3O/c1-7(2)11(8(20)3-4-12(14,15)16)19-10-6-17-5-9(13)18-10/h5-7,11H,3-4H2,1-2H3,(H,18,19)/t11-/m1/s1. The van der Waals surface area contributed by atoms with Crippen LogP contribution in [0.2, 0.25) is 5.15 Å². The predicted octanol–water partition coefficient (Wildman–Crippen LogP) is 3.48. The Morgan fingerprint density at radius 1 is 1.40 bits per heavy atom. The molecule has 0 unspecified atom stereocenters. The number of carbonyl (C=O) groups excluding carboxylic acids is 1. The number of rotatable bonds is 6. The van der Waals surface area contributed by atoms with E-state index >= 15 is 0 Å². The van der Waals surface area contributed by atoms with Crippen LogP contribution in [0.25, 0.3) is 0 Å². The van der Waals surface area contributed by atoms with Gasteiger partial charge in [-0.1, -0.05) is 25.4 Å². The summed E-state index contributed by atoms with van der Waals surface area (Å²) in [5, 5.41) is 2.92. The fraction of sp³-hybridized carbons (Fsp3) is 0.583. The summed E-state index contributed by atoms with van der Waals surface area (Å²) in [7, 11) is 0. The highest BCUT2D eigenvalue weighted by atomic mass is 35.5. The monoisotopic (exact) mass is 309 g/mol. The highest BCUT2D eigenvalue weighted by Crippen LogP contribution is 2.23. The van der Waals surface area contributed by atoms with Crippen molar-refractivity contribution in [1.82, 2.24) is 9.97 Å². The van der Waals surface area contributed by atoms with E-state index in [1.54, 1.807) is 13.8 Å². The number of alkyl halides is 3. The average molecular weight is 310 g/mol. The molecule has 0 aliphatic heterocycles. The molecule has 0 saturated carbocycles. The van der Waals surface area contributed by atoms with Gasteiger partial charge in [-0.15, -0.1) is 0 Å². The number of nitrogens with zero attached hydrogens (tertiary/aromatic N) is 2. The molecule has 1 aromatic rings. The molecule has 20 heavy (non-hydrogen) atoms. The SMILES string of the molecule is CC(C)[C@@H](Nc1cncc(Cl)n1)C(=O)CCC(F)(F)F. The van der Waals surface area contributed by atoms with Gasteiger partial charge in [0.05, 0.1) is 24.9 Å². The number of ketones is 1.